The molecule has 0 aromatic rings. The van der Waals surface area contributed by atoms with Gasteiger partial charge in [0.05, 0.1) is 6.10 Å². The lowest BCUT2D eigenvalue weighted by Gasteiger charge is -2.48. The Labute approximate surface area is 229 Å². The molecule has 0 saturated carbocycles. The Morgan fingerprint density at radius 1 is 0.675 bits per heavy atom. The van der Waals surface area contributed by atoms with E-state index in [-0.39, 0.29) is 0 Å². The number of esters is 5. The van der Waals surface area contributed by atoms with Crippen LogP contribution in [0.25, 0.3) is 0 Å². The van der Waals surface area contributed by atoms with Crippen LogP contribution in [0.2, 0.25) is 0 Å². The molecule has 2 aliphatic heterocycles. The lowest BCUT2D eigenvalue weighted by atomic mass is 9.95. The highest BCUT2D eigenvalue weighted by atomic mass is 16.7. The van der Waals surface area contributed by atoms with Crippen LogP contribution in [-0.4, -0.2) is 109 Å². The van der Waals surface area contributed by atoms with Crippen molar-refractivity contribution in [3.8, 4) is 0 Å². The smallest absolute Gasteiger partial charge is 0.303 e. The molecule has 0 aromatic carbocycles. The monoisotopic (exact) mass is 577 g/mol. The van der Waals surface area contributed by atoms with Gasteiger partial charge in [-0.05, 0) is 6.92 Å². The van der Waals surface area contributed by atoms with Crippen LogP contribution in [0.15, 0.2) is 0 Å². The zero-order chi connectivity index (χ0) is 30.3. The minimum Gasteiger partial charge on any atom is -0.463 e. The van der Waals surface area contributed by atoms with Crippen molar-refractivity contribution in [1.29, 1.82) is 0 Å². The van der Waals surface area contributed by atoms with Gasteiger partial charge in [0.15, 0.2) is 37.0 Å². The van der Waals surface area contributed by atoms with Crippen molar-refractivity contribution >= 4 is 35.8 Å². The molecule has 2 heterocycles. The van der Waals surface area contributed by atoms with Crippen molar-refractivity contribution in [1.82, 2.24) is 5.32 Å². The minimum absolute atomic E-state index is 0.475. The zero-order valence-corrected chi connectivity index (χ0v) is 23.1. The second-order valence-electron chi connectivity index (χ2n) is 9.20. The van der Waals surface area contributed by atoms with Crippen LogP contribution in [0.1, 0.15) is 48.5 Å². The van der Waals surface area contributed by atoms with Crippen molar-refractivity contribution < 1.29 is 71.8 Å². The van der Waals surface area contributed by atoms with Crippen LogP contribution in [0.3, 0.4) is 0 Å². The Bertz CT molecular complexity index is 970. The highest BCUT2D eigenvalue weighted by Crippen LogP contribution is 2.33. The van der Waals surface area contributed by atoms with Crippen LogP contribution in [-0.2, 0) is 66.7 Å². The highest BCUT2D eigenvalue weighted by Gasteiger charge is 2.55. The van der Waals surface area contributed by atoms with Gasteiger partial charge >= 0.3 is 29.8 Å². The maximum absolute atomic E-state index is 12.0. The number of carbonyl (C=O) groups is 6. The molecule has 16 heteroatoms. The van der Waals surface area contributed by atoms with Gasteiger partial charge in [0.1, 0.15) is 24.9 Å². The maximum Gasteiger partial charge on any atom is 0.303 e. The summed E-state index contributed by atoms with van der Waals surface area (Å²) in [4.78, 5) is 71.2. The van der Waals surface area contributed by atoms with Crippen LogP contribution in [0, 0.1) is 0 Å². The third-order valence-corrected chi connectivity index (χ3v) is 5.71. The van der Waals surface area contributed by atoms with Gasteiger partial charge in [0.25, 0.3) is 0 Å². The van der Waals surface area contributed by atoms with Crippen LogP contribution in [0.5, 0.6) is 0 Å². The fourth-order valence-electron chi connectivity index (χ4n) is 4.37. The molecule has 4 unspecified atom stereocenters. The van der Waals surface area contributed by atoms with Crippen LogP contribution in [0.4, 0.5) is 0 Å². The second kappa shape index (κ2) is 14.3. The summed E-state index contributed by atoms with van der Waals surface area (Å²) in [5.74, 6) is -4.51. The number of carbonyl (C=O) groups excluding carboxylic acids is 6. The van der Waals surface area contributed by atoms with E-state index in [0.717, 1.165) is 41.5 Å². The predicted octanol–water partition coefficient (Wildman–Crippen LogP) is -1.37. The van der Waals surface area contributed by atoms with Gasteiger partial charge in [0, 0.05) is 41.5 Å². The third kappa shape index (κ3) is 9.11. The van der Waals surface area contributed by atoms with E-state index >= 15 is 0 Å². The molecule has 2 aliphatic rings. The van der Waals surface area contributed by atoms with Crippen LogP contribution >= 0.6 is 0 Å². The third-order valence-electron chi connectivity index (χ3n) is 5.71. The molecule has 0 aliphatic carbocycles. The molecule has 0 spiro atoms. The van der Waals surface area contributed by atoms with Gasteiger partial charge < -0.3 is 48.3 Å². The fourth-order valence-corrected chi connectivity index (χ4v) is 4.37. The van der Waals surface area contributed by atoms with Crippen molar-refractivity contribution in [3.05, 3.63) is 0 Å². The number of ether oxygens (including phenoxy) is 8. The fraction of sp³-hybridized carbons (Fsp3) is 0.750. The minimum atomic E-state index is -1.76. The molecule has 0 radical (unpaired) electrons. The summed E-state index contributed by atoms with van der Waals surface area (Å²) >= 11 is 0. The molecular weight excluding hydrogens is 542 g/mol. The Kier molecular flexibility index (Phi) is 11.8. The molecule has 2 fully saturated rings. The largest absolute Gasteiger partial charge is 0.463 e. The average Bonchev–Trinajstić information content (AvgIpc) is 2.80. The Balaban J connectivity index is 2.56. The van der Waals surface area contributed by atoms with Crippen molar-refractivity contribution in [3.63, 3.8) is 0 Å². The number of aliphatic hydroxyl groups is 1. The van der Waals surface area contributed by atoms with Crippen LogP contribution < -0.4 is 5.32 Å². The number of aliphatic hydroxyl groups excluding tert-OH is 1. The Morgan fingerprint density at radius 3 is 1.68 bits per heavy atom. The van der Waals surface area contributed by atoms with E-state index < -0.39 is 104 Å². The van der Waals surface area contributed by atoms with E-state index in [9.17, 15) is 33.9 Å². The van der Waals surface area contributed by atoms with E-state index in [0.29, 0.717) is 0 Å². The van der Waals surface area contributed by atoms with E-state index in [1.165, 1.54) is 6.92 Å². The number of rotatable bonds is 9. The summed E-state index contributed by atoms with van der Waals surface area (Å²) in [6, 6.07) is -1.38. The van der Waals surface area contributed by atoms with Gasteiger partial charge in [-0.3, -0.25) is 28.8 Å². The molecule has 0 bridgehead atoms. The molecule has 226 valence electrons. The van der Waals surface area contributed by atoms with E-state index in [2.05, 4.69) is 5.32 Å². The first-order valence-corrected chi connectivity index (χ1v) is 12.3. The van der Waals surface area contributed by atoms with E-state index in [1.807, 2.05) is 0 Å². The first-order valence-electron chi connectivity index (χ1n) is 12.3. The summed E-state index contributed by atoms with van der Waals surface area (Å²) in [6.45, 7) is 7.63. The lowest BCUT2D eigenvalue weighted by Crippen LogP contribution is -2.68. The molecule has 16 nitrogen and oxygen atoms in total. The number of amides is 1. The van der Waals surface area contributed by atoms with Gasteiger partial charge in [0.2, 0.25) is 5.91 Å². The molecule has 2 N–H and O–H groups in total. The van der Waals surface area contributed by atoms with E-state index in [4.69, 9.17) is 37.9 Å². The maximum atomic E-state index is 12.0. The van der Waals surface area contributed by atoms with Crippen molar-refractivity contribution in [2.24, 2.45) is 0 Å². The quantitative estimate of drug-likeness (QED) is 0.239. The lowest BCUT2D eigenvalue weighted by molar-refractivity contribution is -0.340. The zero-order valence-electron chi connectivity index (χ0n) is 23.1. The Hall–Kier alpha value is -3.34. The SMILES string of the molecule is CC(=O)NC1[C@H](O)OC(COC(C)=O)[C@H](OC(C)=O)[C@@H]1O[C@@H]1OC(C)[C@H](OC(C)=O)[C@H](OC(C)=O)C1OC(C)=O. The number of nitrogens with one attached hydrogen (secondary N) is 1. The topological polar surface area (TPSA) is 209 Å². The number of hydrogen-bond acceptors (Lipinski definition) is 15. The van der Waals surface area contributed by atoms with Crippen molar-refractivity contribution in [2.75, 3.05) is 6.61 Å². The summed E-state index contributed by atoms with van der Waals surface area (Å²) in [6.07, 6.45) is -12.7. The Morgan fingerprint density at radius 2 is 1.18 bits per heavy atom. The highest BCUT2D eigenvalue weighted by molar-refractivity contribution is 5.73. The first kappa shape index (κ1) is 32.9. The van der Waals surface area contributed by atoms with Gasteiger partial charge in [-0.1, -0.05) is 0 Å². The molecule has 10 atom stereocenters. The van der Waals surface area contributed by atoms with Gasteiger partial charge in [-0.15, -0.1) is 0 Å². The standard InChI is InChI=1S/C24H35NO15/c1-9-18(35-12(4)28)21(37-14(6)30)22(38-15(7)31)24(34-9)40-20-17(25-10(2)26)23(32)39-16(8-33-11(3)27)19(20)36-13(5)29/h9,16-24,32H,8H2,1-7H3,(H,25,26)/t9?,16?,17?,18-,19-,20+,21-,22?,23+,24-/m0/s1. The molecule has 0 aromatic heterocycles. The molecule has 1 amide bonds. The molecule has 2 rings (SSSR count). The summed E-state index contributed by atoms with van der Waals surface area (Å²) in [5, 5.41) is 13.2. The molecule has 40 heavy (non-hydrogen) atoms. The first-order chi connectivity index (χ1) is 18.6. The van der Waals surface area contributed by atoms with Crippen molar-refractivity contribution in [2.45, 2.75) is 110 Å². The number of hydrogen-bond donors (Lipinski definition) is 2. The second-order valence-corrected chi connectivity index (χ2v) is 9.20. The van der Waals surface area contributed by atoms with Gasteiger partial charge in [-0.25, -0.2) is 0 Å². The molecular formula is C24H35NO15. The predicted molar refractivity (Wildman–Crippen MR) is 127 cm³/mol. The summed E-state index contributed by atoms with van der Waals surface area (Å²) in [5.41, 5.74) is 0. The summed E-state index contributed by atoms with van der Waals surface area (Å²) < 4.78 is 43.9. The molecule has 2 saturated heterocycles. The average molecular weight is 578 g/mol. The van der Waals surface area contributed by atoms with E-state index in [1.54, 1.807) is 0 Å². The van der Waals surface area contributed by atoms with Gasteiger partial charge in [-0.2, -0.15) is 0 Å². The summed E-state index contributed by atoms with van der Waals surface area (Å²) in [7, 11) is 0. The normalized spacial score (nSPS) is 33.6.